The van der Waals surface area contributed by atoms with E-state index in [1.54, 1.807) is 48.5 Å². The van der Waals surface area contributed by atoms with E-state index in [4.69, 9.17) is 46.4 Å². The first-order chi connectivity index (χ1) is 18.8. The van der Waals surface area contributed by atoms with Crippen LogP contribution in [0.1, 0.15) is 46.9 Å². The Kier molecular flexibility index (Phi) is 10.6. The molecule has 0 unspecified atom stereocenters. The van der Waals surface area contributed by atoms with Crippen molar-refractivity contribution in [1.29, 1.82) is 0 Å². The van der Waals surface area contributed by atoms with E-state index < -0.39 is 0 Å². The van der Waals surface area contributed by atoms with Crippen molar-refractivity contribution in [2.24, 2.45) is 0 Å². The van der Waals surface area contributed by atoms with Gasteiger partial charge in [0.2, 0.25) is 0 Å². The van der Waals surface area contributed by atoms with Crippen LogP contribution in [0.3, 0.4) is 0 Å². The molecule has 210 valence electrons. The third kappa shape index (κ3) is 6.86. The van der Waals surface area contributed by atoms with Crippen molar-refractivity contribution in [3.05, 3.63) is 109 Å². The van der Waals surface area contributed by atoms with Crippen molar-refractivity contribution < 1.29 is 20.4 Å². The van der Waals surface area contributed by atoms with Crippen LogP contribution in [0.2, 0.25) is 20.1 Å². The van der Waals surface area contributed by atoms with Crippen LogP contribution in [-0.2, 0) is 0 Å². The van der Waals surface area contributed by atoms with Gasteiger partial charge in [-0.3, -0.25) is 0 Å². The van der Waals surface area contributed by atoms with Crippen LogP contribution >= 0.6 is 110 Å². The Morgan fingerprint density at radius 3 is 0.800 bits per heavy atom. The number of halogens is 8. The maximum atomic E-state index is 10.3. The zero-order valence-corrected chi connectivity index (χ0v) is 29.4. The third-order valence-corrected chi connectivity index (χ3v) is 10.1. The van der Waals surface area contributed by atoms with Crippen molar-refractivity contribution in [3.63, 3.8) is 0 Å². The van der Waals surface area contributed by atoms with Gasteiger partial charge in [0.15, 0.2) is 0 Å². The van der Waals surface area contributed by atoms with Crippen LogP contribution in [-0.4, -0.2) is 20.4 Å². The highest BCUT2D eigenvalue weighted by Gasteiger charge is 2.25. The summed E-state index contributed by atoms with van der Waals surface area (Å²) in [4.78, 5) is 0. The predicted molar refractivity (Wildman–Crippen MR) is 176 cm³/mol. The third-order valence-electron chi connectivity index (χ3n) is 6.51. The van der Waals surface area contributed by atoms with Gasteiger partial charge in [0.1, 0.15) is 23.0 Å². The number of benzene rings is 4. The lowest BCUT2D eigenvalue weighted by Crippen LogP contribution is -2.08. The van der Waals surface area contributed by atoms with E-state index in [-0.39, 0.29) is 54.9 Å². The molecule has 0 radical (unpaired) electrons. The number of phenols is 4. The predicted octanol–water partition coefficient (Wildman–Crippen LogP) is 11.9. The van der Waals surface area contributed by atoms with Crippen LogP contribution in [0.15, 0.2) is 66.4 Å². The average Bonchev–Trinajstić information content (AvgIpc) is 2.89. The van der Waals surface area contributed by atoms with Crippen LogP contribution in [0, 0.1) is 0 Å². The maximum absolute atomic E-state index is 10.3. The summed E-state index contributed by atoms with van der Waals surface area (Å²) in [6.07, 6.45) is 1.08. The normalized spacial score (nSPS) is 11.6. The molecule has 12 heteroatoms. The summed E-state index contributed by atoms with van der Waals surface area (Å²) in [6, 6.07) is 13.9. The Bertz CT molecular complexity index is 1290. The summed E-state index contributed by atoms with van der Waals surface area (Å²) < 4.78 is 1.74. The molecule has 0 aliphatic rings. The molecule has 0 saturated heterocycles. The van der Waals surface area contributed by atoms with Gasteiger partial charge in [0.25, 0.3) is 0 Å². The van der Waals surface area contributed by atoms with Gasteiger partial charge >= 0.3 is 0 Å². The standard InChI is InChI=1S/C28H18Br4Cl4O4/c29-17-3-11(7-21(33)25(17)37)15(12-4-18(30)26(38)22(34)8-12)1-2-16(13-5-19(31)27(39)23(35)9-13)14-6-20(32)28(40)24(36)10-14/h3-10,15-16,37-40H,1-2H2. The van der Waals surface area contributed by atoms with E-state index in [0.29, 0.717) is 30.7 Å². The van der Waals surface area contributed by atoms with Crippen molar-refractivity contribution >= 4 is 110 Å². The first kappa shape index (κ1) is 32.1. The van der Waals surface area contributed by atoms with Gasteiger partial charge in [-0.25, -0.2) is 0 Å². The quantitative estimate of drug-likeness (QED) is 0.149. The highest BCUT2D eigenvalue weighted by Crippen LogP contribution is 2.46. The first-order valence-corrected chi connectivity index (χ1v) is 16.2. The molecule has 0 amide bonds. The molecule has 0 heterocycles. The topological polar surface area (TPSA) is 80.9 Å². The molecule has 0 aromatic heterocycles. The number of hydrogen-bond acceptors (Lipinski definition) is 4. The van der Waals surface area contributed by atoms with E-state index in [1.165, 1.54) is 0 Å². The molecular weight excluding hydrogens is 862 g/mol. The minimum Gasteiger partial charge on any atom is -0.505 e. The molecule has 4 nitrogen and oxygen atoms in total. The molecule has 0 spiro atoms. The van der Waals surface area contributed by atoms with Gasteiger partial charge in [-0.2, -0.15) is 0 Å². The minimum absolute atomic E-state index is 0.0702. The zero-order valence-electron chi connectivity index (χ0n) is 20.0. The second kappa shape index (κ2) is 13.2. The minimum atomic E-state index is -0.279. The summed E-state index contributed by atoms with van der Waals surface area (Å²) in [6.45, 7) is 0. The molecule has 0 aliphatic heterocycles. The molecule has 0 aliphatic carbocycles. The van der Waals surface area contributed by atoms with Crippen LogP contribution in [0.5, 0.6) is 23.0 Å². The number of hydrogen-bond donors (Lipinski definition) is 4. The monoisotopic (exact) mass is 874 g/mol. The Labute approximate surface area is 284 Å². The SMILES string of the molecule is Oc1c(Cl)cc(C(CCC(c2cc(Cl)c(O)c(Br)c2)c2cc(Cl)c(O)c(Br)c2)c2cc(Cl)c(O)c(Br)c2)cc1Br. The van der Waals surface area contributed by atoms with Crippen molar-refractivity contribution in [2.75, 3.05) is 0 Å². The fourth-order valence-corrected chi connectivity index (χ4v) is 7.81. The van der Waals surface area contributed by atoms with Crippen molar-refractivity contribution in [2.45, 2.75) is 24.7 Å². The molecule has 0 fully saturated rings. The molecule has 4 aromatic rings. The van der Waals surface area contributed by atoms with Gasteiger partial charge in [0, 0.05) is 11.8 Å². The summed E-state index contributed by atoms with van der Waals surface area (Å²) in [7, 11) is 0. The van der Waals surface area contributed by atoms with Crippen LogP contribution in [0.25, 0.3) is 0 Å². The molecular formula is C28H18Br4Cl4O4. The Hall–Kier alpha value is -0.840. The highest BCUT2D eigenvalue weighted by atomic mass is 79.9. The van der Waals surface area contributed by atoms with E-state index >= 15 is 0 Å². The summed E-state index contributed by atoms with van der Waals surface area (Å²) in [5.41, 5.74) is 3.21. The van der Waals surface area contributed by atoms with Gasteiger partial charge in [-0.1, -0.05) is 46.4 Å². The van der Waals surface area contributed by atoms with E-state index in [9.17, 15) is 20.4 Å². The lowest BCUT2D eigenvalue weighted by molar-refractivity contribution is 0.469. The summed E-state index contributed by atoms with van der Waals surface area (Å²) >= 11 is 38.9. The van der Waals surface area contributed by atoms with Gasteiger partial charge in [0.05, 0.1) is 38.0 Å². The summed E-state index contributed by atoms with van der Waals surface area (Å²) in [5.74, 6) is -0.840. The molecule has 4 N–H and O–H groups in total. The van der Waals surface area contributed by atoms with Crippen LogP contribution in [0.4, 0.5) is 0 Å². The van der Waals surface area contributed by atoms with Crippen molar-refractivity contribution in [3.8, 4) is 23.0 Å². The Morgan fingerprint density at radius 2 is 0.625 bits per heavy atom. The molecule has 4 rings (SSSR count). The van der Waals surface area contributed by atoms with Gasteiger partial charge < -0.3 is 20.4 Å². The second-order valence-electron chi connectivity index (χ2n) is 9.02. The maximum Gasteiger partial charge on any atom is 0.148 e. The van der Waals surface area contributed by atoms with Gasteiger partial charge in [-0.05, 0) is 147 Å². The average molecular weight is 880 g/mol. The van der Waals surface area contributed by atoms with Crippen LogP contribution < -0.4 is 0 Å². The van der Waals surface area contributed by atoms with E-state index in [1.807, 2.05) is 0 Å². The molecule has 4 aromatic carbocycles. The Morgan fingerprint density at radius 1 is 0.425 bits per heavy atom. The second-order valence-corrected chi connectivity index (χ2v) is 14.1. The molecule has 0 bridgehead atoms. The smallest absolute Gasteiger partial charge is 0.148 e. The highest BCUT2D eigenvalue weighted by molar-refractivity contribution is 9.11. The Balaban J connectivity index is 1.85. The zero-order chi connectivity index (χ0) is 29.5. The largest absolute Gasteiger partial charge is 0.505 e. The summed E-state index contributed by atoms with van der Waals surface area (Å²) in [5, 5.41) is 41.7. The van der Waals surface area contributed by atoms with E-state index in [2.05, 4.69) is 63.7 Å². The van der Waals surface area contributed by atoms with E-state index in [0.717, 1.165) is 22.3 Å². The number of rotatable bonds is 7. The molecule has 0 atom stereocenters. The fraction of sp³-hybridized carbons (Fsp3) is 0.143. The molecule has 0 saturated carbocycles. The number of aromatic hydroxyl groups is 4. The fourth-order valence-electron chi connectivity index (χ4n) is 4.53. The lowest BCUT2D eigenvalue weighted by Gasteiger charge is -2.25. The molecule has 40 heavy (non-hydrogen) atoms. The number of phenolic OH excluding ortho intramolecular Hbond substituents is 4. The van der Waals surface area contributed by atoms with Crippen molar-refractivity contribution in [1.82, 2.24) is 0 Å². The lowest BCUT2D eigenvalue weighted by atomic mass is 9.81. The first-order valence-electron chi connectivity index (χ1n) is 11.5. The van der Waals surface area contributed by atoms with Gasteiger partial charge in [-0.15, -0.1) is 0 Å².